The van der Waals surface area contributed by atoms with Gasteiger partial charge in [-0.1, -0.05) is 48.0 Å². The smallest absolute Gasteiger partial charge is 0.256 e. The molecule has 0 unspecified atom stereocenters. The van der Waals surface area contributed by atoms with Gasteiger partial charge in [0.2, 0.25) is 0 Å². The largest absolute Gasteiger partial charge is 0.368 e. The summed E-state index contributed by atoms with van der Waals surface area (Å²) in [6.07, 6.45) is 0. The van der Waals surface area contributed by atoms with Gasteiger partial charge in [-0.3, -0.25) is 4.79 Å². The van der Waals surface area contributed by atoms with E-state index in [-0.39, 0.29) is 11.7 Å². The Morgan fingerprint density at radius 1 is 0.844 bits per heavy atom. The Hall–Kier alpha value is -3.80. The van der Waals surface area contributed by atoms with Gasteiger partial charge in [-0.15, -0.1) is 10.2 Å². The van der Waals surface area contributed by atoms with Crippen molar-refractivity contribution in [3.05, 3.63) is 89.7 Å². The van der Waals surface area contributed by atoms with Gasteiger partial charge in [0.1, 0.15) is 11.5 Å². The molecule has 0 spiro atoms. The summed E-state index contributed by atoms with van der Waals surface area (Å²) >= 11 is 0. The SMILES string of the molecule is Cc1ccc(-c2nnc3ccccc3c2C(=O)N2CCN(c3ccc(F)cc3)CC2)cc1. The minimum Gasteiger partial charge on any atom is -0.368 e. The Morgan fingerprint density at radius 2 is 1.53 bits per heavy atom. The lowest BCUT2D eigenvalue weighted by Gasteiger charge is -2.36. The van der Waals surface area contributed by atoms with Crippen molar-refractivity contribution in [3.63, 3.8) is 0 Å². The molecule has 1 aliphatic rings. The van der Waals surface area contributed by atoms with Gasteiger partial charge in [0.15, 0.2) is 0 Å². The van der Waals surface area contributed by atoms with Gasteiger partial charge in [-0.05, 0) is 37.3 Å². The first-order valence-corrected chi connectivity index (χ1v) is 10.7. The van der Waals surface area contributed by atoms with E-state index in [0.717, 1.165) is 22.2 Å². The molecule has 2 heterocycles. The number of nitrogens with zero attached hydrogens (tertiary/aromatic N) is 4. The number of carbonyl (C=O) groups excluding carboxylic acids is 1. The number of aromatic nitrogens is 2. The number of amides is 1. The Labute approximate surface area is 186 Å². The zero-order valence-corrected chi connectivity index (χ0v) is 17.8. The van der Waals surface area contributed by atoms with E-state index in [1.807, 2.05) is 60.4 Å². The Balaban J connectivity index is 1.47. The van der Waals surface area contributed by atoms with Crippen molar-refractivity contribution in [2.45, 2.75) is 6.92 Å². The zero-order valence-electron chi connectivity index (χ0n) is 17.8. The van der Waals surface area contributed by atoms with Crippen molar-refractivity contribution < 1.29 is 9.18 Å². The molecule has 32 heavy (non-hydrogen) atoms. The second kappa shape index (κ2) is 8.38. The van der Waals surface area contributed by atoms with Gasteiger partial charge in [0, 0.05) is 42.8 Å². The molecule has 0 saturated carbocycles. The Bertz CT molecular complexity index is 1260. The van der Waals surface area contributed by atoms with Gasteiger partial charge < -0.3 is 9.80 Å². The van der Waals surface area contributed by atoms with Crippen molar-refractivity contribution >= 4 is 22.5 Å². The molecule has 160 valence electrons. The molecule has 3 aromatic carbocycles. The molecule has 0 atom stereocenters. The number of hydrogen-bond acceptors (Lipinski definition) is 4. The summed E-state index contributed by atoms with van der Waals surface area (Å²) in [4.78, 5) is 17.8. The molecular weight excluding hydrogens is 403 g/mol. The summed E-state index contributed by atoms with van der Waals surface area (Å²) in [6.45, 7) is 4.57. The number of halogens is 1. The van der Waals surface area contributed by atoms with E-state index in [0.29, 0.717) is 43.0 Å². The molecule has 1 aliphatic heterocycles. The van der Waals surface area contributed by atoms with Crippen molar-refractivity contribution in [1.82, 2.24) is 15.1 Å². The molecule has 5 nitrogen and oxygen atoms in total. The zero-order chi connectivity index (χ0) is 22.1. The average Bonchev–Trinajstić information content (AvgIpc) is 2.84. The standard InChI is InChI=1S/C26H23FN4O/c1-18-6-8-19(9-7-18)25-24(22-4-2-3-5-23(22)28-29-25)26(32)31-16-14-30(15-17-31)21-12-10-20(27)11-13-21/h2-13H,14-17H2,1H3. The van der Waals surface area contributed by atoms with Crippen LogP contribution in [0, 0.1) is 12.7 Å². The molecule has 1 saturated heterocycles. The third kappa shape index (κ3) is 3.80. The van der Waals surface area contributed by atoms with Crippen LogP contribution in [-0.2, 0) is 0 Å². The number of benzene rings is 3. The number of fused-ring (bicyclic) bond motifs is 1. The lowest BCUT2D eigenvalue weighted by molar-refractivity contribution is 0.0749. The fourth-order valence-corrected chi connectivity index (χ4v) is 4.16. The molecule has 0 radical (unpaired) electrons. The van der Waals surface area contributed by atoms with Gasteiger partial charge >= 0.3 is 0 Å². The molecule has 6 heteroatoms. The molecule has 0 aliphatic carbocycles. The van der Waals surface area contributed by atoms with Crippen molar-refractivity contribution in [1.29, 1.82) is 0 Å². The summed E-state index contributed by atoms with van der Waals surface area (Å²) < 4.78 is 13.3. The molecule has 0 bridgehead atoms. The van der Waals surface area contributed by atoms with Crippen LogP contribution >= 0.6 is 0 Å². The fourth-order valence-electron chi connectivity index (χ4n) is 4.16. The number of piperazine rings is 1. The minimum absolute atomic E-state index is 0.0366. The van der Waals surface area contributed by atoms with E-state index in [9.17, 15) is 9.18 Å². The van der Waals surface area contributed by atoms with Crippen LogP contribution < -0.4 is 4.90 Å². The topological polar surface area (TPSA) is 49.3 Å². The Kier molecular flexibility index (Phi) is 5.27. The monoisotopic (exact) mass is 426 g/mol. The molecule has 1 aromatic heterocycles. The molecule has 1 amide bonds. The average molecular weight is 426 g/mol. The highest BCUT2D eigenvalue weighted by Crippen LogP contribution is 2.29. The number of rotatable bonds is 3. The van der Waals surface area contributed by atoms with Crippen LogP contribution in [0.15, 0.2) is 72.8 Å². The van der Waals surface area contributed by atoms with E-state index in [1.54, 1.807) is 12.1 Å². The Morgan fingerprint density at radius 3 is 2.25 bits per heavy atom. The maximum Gasteiger partial charge on any atom is 0.256 e. The molecule has 1 fully saturated rings. The van der Waals surface area contributed by atoms with Crippen LogP contribution in [0.3, 0.4) is 0 Å². The molecule has 5 rings (SSSR count). The number of hydrogen-bond donors (Lipinski definition) is 0. The van der Waals surface area contributed by atoms with Crippen LogP contribution in [0.4, 0.5) is 10.1 Å². The first kappa shape index (κ1) is 20.1. The predicted octanol–water partition coefficient (Wildman–Crippen LogP) is 4.71. The number of aryl methyl sites for hydroxylation is 1. The number of carbonyl (C=O) groups is 1. The van der Waals surface area contributed by atoms with Crippen LogP contribution in [-0.4, -0.2) is 47.2 Å². The van der Waals surface area contributed by atoms with E-state index < -0.39 is 0 Å². The van der Waals surface area contributed by atoms with E-state index in [4.69, 9.17) is 0 Å². The number of anilines is 1. The van der Waals surface area contributed by atoms with Crippen LogP contribution in [0.5, 0.6) is 0 Å². The van der Waals surface area contributed by atoms with Crippen LogP contribution in [0.2, 0.25) is 0 Å². The minimum atomic E-state index is -0.247. The van der Waals surface area contributed by atoms with Crippen LogP contribution in [0.1, 0.15) is 15.9 Å². The van der Waals surface area contributed by atoms with E-state index >= 15 is 0 Å². The highest BCUT2D eigenvalue weighted by molar-refractivity contribution is 6.10. The van der Waals surface area contributed by atoms with E-state index in [2.05, 4.69) is 15.1 Å². The summed E-state index contributed by atoms with van der Waals surface area (Å²) in [5.74, 6) is -0.284. The lowest BCUT2D eigenvalue weighted by Crippen LogP contribution is -2.49. The maximum absolute atomic E-state index is 13.8. The van der Waals surface area contributed by atoms with Gasteiger partial charge in [0.05, 0.1) is 11.1 Å². The summed E-state index contributed by atoms with van der Waals surface area (Å²) in [5, 5.41) is 9.63. The third-order valence-electron chi connectivity index (χ3n) is 5.97. The maximum atomic E-state index is 13.8. The van der Waals surface area contributed by atoms with E-state index in [1.165, 1.54) is 12.1 Å². The second-order valence-corrected chi connectivity index (χ2v) is 8.06. The quantitative estimate of drug-likeness (QED) is 0.476. The first-order valence-electron chi connectivity index (χ1n) is 10.7. The predicted molar refractivity (Wildman–Crippen MR) is 124 cm³/mol. The highest BCUT2D eigenvalue weighted by atomic mass is 19.1. The second-order valence-electron chi connectivity index (χ2n) is 8.06. The lowest BCUT2D eigenvalue weighted by atomic mass is 9.99. The summed E-state index contributed by atoms with van der Waals surface area (Å²) in [6, 6.07) is 22.1. The molecule has 4 aromatic rings. The molecule has 0 N–H and O–H groups in total. The summed E-state index contributed by atoms with van der Waals surface area (Å²) in [5.41, 5.74) is 4.89. The first-order chi connectivity index (χ1) is 15.6. The van der Waals surface area contributed by atoms with Crippen molar-refractivity contribution in [2.75, 3.05) is 31.1 Å². The fraction of sp³-hybridized carbons (Fsp3) is 0.192. The van der Waals surface area contributed by atoms with Gasteiger partial charge in [-0.2, -0.15) is 0 Å². The van der Waals surface area contributed by atoms with Gasteiger partial charge in [0.25, 0.3) is 5.91 Å². The highest BCUT2D eigenvalue weighted by Gasteiger charge is 2.27. The van der Waals surface area contributed by atoms with Crippen molar-refractivity contribution in [3.8, 4) is 11.3 Å². The molecular formula is C26H23FN4O. The van der Waals surface area contributed by atoms with Crippen LogP contribution in [0.25, 0.3) is 22.2 Å². The van der Waals surface area contributed by atoms with Gasteiger partial charge in [-0.25, -0.2) is 4.39 Å². The summed E-state index contributed by atoms with van der Waals surface area (Å²) in [7, 11) is 0. The normalized spacial score (nSPS) is 14.1. The van der Waals surface area contributed by atoms with Crippen molar-refractivity contribution in [2.24, 2.45) is 0 Å². The third-order valence-corrected chi connectivity index (χ3v) is 5.97.